The predicted molar refractivity (Wildman–Crippen MR) is 110 cm³/mol. The molecule has 3 aromatic rings. The molecule has 4 heterocycles. The van der Waals surface area contributed by atoms with Gasteiger partial charge in [-0.2, -0.15) is 4.98 Å². The molecule has 1 aliphatic rings. The summed E-state index contributed by atoms with van der Waals surface area (Å²) in [6.07, 6.45) is 6.57. The van der Waals surface area contributed by atoms with E-state index in [1.165, 1.54) is 28.4 Å². The van der Waals surface area contributed by atoms with Crippen molar-refractivity contribution in [2.24, 2.45) is 7.05 Å². The molecule has 1 fully saturated rings. The Balaban J connectivity index is 1.85. The lowest BCUT2D eigenvalue weighted by Gasteiger charge is -2.26. The Hall–Kier alpha value is -2.35. The molecule has 8 heteroatoms. The van der Waals surface area contributed by atoms with Crippen LogP contribution in [0.2, 0.25) is 0 Å². The highest BCUT2D eigenvalue weighted by atomic mass is 16.2. The van der Waals surface area contributed by atoms with Crippen molar-refractivity contribution >= 4 is 16.9 Å². The zero-order valence-corrected chi connectivity index (χ0v) is 17.3. The Labute approximate surface area is 164 Å². The summed E-state index contributed by atoms with van der Waals surface area (Å²) in [5, 5.41) is 0. The van der Waals surface area contributed by atoms with E-state index >= 15 is 0 Å². The molecule has 8 nitrogen and oxygen atoms in total. The van der Waals surface area contributed by atoms with Crippen molar-refractivity contribution in [2.45, 2.75) is 59.0 Å². The minimum atomic E-state index is -0.290. The Morgan fingerprint density at radius 2 is 1.86 bits per heavy atom. The third-order valence-electron chi connectivity index (χ3n) is 6.19. The van der Waals surface area contributed by atoms with Gasteiger partial charge in [-0.25, -0.2) is 4.79 Å². The fourth-order valence-corrected chi connectivity index (χ4v) is 4.38. The van der Waals surface area contributed by atoms with Gasteiger partial charge in [0.05, 0.1) is 0 Å². The van der Waals surface area contributed by atoms with Crippen LogP contribution in [-0.4, -0.2) is 47.6 Å². The van der Waals surface area contributed by atoms with Gasteiger partial charge < -0.3 is 9.47 Å². The minimum absolute atomic E-state index is 0.246. The van der Waals surface area contributed by atoms with E-state index in [1.807, 2.05) is 17.5 Å². The van der Waals surface area contributed by atoms with Crippen molar-refractivity contribution < 1.29 is 0 Å². The number of nitrogens with zero attached hydrogens (tertiary/aromatic N) is 6. The van der Waals surface area contributed by atoms with Gasteiger partial charge >= 0.3 is 5.69 Å². The van der Waals surface area contributed by atoms with Crippen LogP contribution in [-0.2, 0) is 13.6 Å². The van der Waals surface area contributed by atoms with Crippen molar-refractivity contribution in [1.29, 1.82) is 0 Å². The SMILES string of the molecule is CCC(C)n1c(C)cn2c3c(=O)n(CCN4CCCCC4)c(=O)n(C)c3nc12. The number of likely N-dealkylation sites (tertiary alicyclic amines) is 1. The third kappa shape index (κ3) is 2.90. The maximum Gasteiger partial charge on any atom is 0.332 e. The van der Waals surface area contributed by atoms with Crippen LogP contribution >= 0.6 is 0 Å². The Bertz CT molecular complexity index is 1130. The maximum atomic E-state index is 13.3. The molecule has 3 aromatic heterocycles. The number of fused-ring (bicyclic) bond motifs is 3. The summed E-state index contributed by atoms with van der Waals surface area (Å²) in [6, 6.07) is 0.271. The van der Waals surface area contributed by atoms with Gasteiger partial charge in [0.1, 0.15) is 0 Å². The molecule has 0 aliphatic carbocycles. The lowest BCUT2D eigenvalue weighted by Crippen LogP contribution is -2.43. The average molecular weight is 387 g/mol. The normalized spacial score (nSPS) is 17.0. The number of aromatic nitrogens is 5. The van der Waals surface area contributed by atoms with Crippen molar-refractivity contribution in [1.82, 2.24) is 28.0 Å². The predicted octanol–water partition coefficient (Wildman–Crippen LogP) is 1.91. The molecular weight excluding hydrogens is 356 g/mol. The maximum absolute atomic E-state index is 13.3. The molecular formula is C20H30N6O2. The van der Waals surface area contributed by atoms with Crippen molar-refractivity contribution in [3.8, 4) is 0 Å². The molecule has 0 amide bonds. The molecule has 28 heavy (non-hydrogen) atoms. The van der Waals surface area contributed by atoms with Crippen LogP contribution in [0.1, 0.15) is 51.3 Å². The lowest BCUT2D eigenvalue weighted by atomic mass is 10.1. The molecule has 1 saturated heterocycles. The largest absolute Gasteiger partial charge is 0.332 e. The van der Waals surface area contributed by atoms with Gasteiger partial charge in [0.25, 0.3) is 5.56 Å². The highest BCUT2D eigenvalue weighted by molar-refractivity contribution is 5.75. The fraction of sp³-hybridized carbons (Fsp3) is 0.650. The van der Waals surface area contributed by atoms with Crippen LogP contribution in [0.15, 0.2) is 15.8 Å². The minimum Gasteiger partial charge on any atom is -0.311 e. The molecule has 0 bridgehead atoms. The molecule has 0 saturated carbocycles. The summed E-state index contributed by atoms with van der Waals surface area (Å²) < 4.78 is 6.88. The zero-order valence-electron chi connectivity index (χ0n) is 17.3. The quantitative estimate of drug-likeness (QED) is 0.672. The molecule has 4 rings (SSSR count). The number of hydrogen-bond donors (Lipinski definition) is 0. The topological polar surface area (TPSA) is 69.5 Å². The van der Waals surface area contributed by atoms with E-state index in [-0.39, 0.29) is 17.3 Å². The smallest absolute Gasteiger partial charge is 0.311 e. The van der Waals surface area contributed by atoms with Gasteiger partial charge in [-0.15, -0.1) is 0 Å². The number of imidazole rings is 2. The third-order valence-corrected chi connectivity index (χ3v) is 6.19. The number of hydrogen-bond acceptors (Lipinski definition) is 4. The van der Waals surface area contributed by atoms with E-state index in [0.29, 0.717) is 17.7 Å². The van der Waals surface area contributed by atoms with Gasteiger partial charge in [-0.05, 0) is 46.2 Å². The van der Waals surface area contributed by atoms with Gasteiger partial charge in [0.2, 0.25) is 5.78 Å². The van der Waals surface area contributed by atoms with Crippen LogP contribution in [0.4, 0.5) is 0 Å². The first-order chi connectivity index (χ1) is 13.4. The van der Waals surface area contributed by atoms with E-state index in [2.05, 4.69) is 28.3 Å². The second-order valence-electron chi connectivity index (χ2n) is 8.05. The number of aryl methyl sites for hydroxylation is 2. The first-order valence-corrected chi connectivity index (χ1v) is 10.4. The van der Waals surface area contributed by atoms with Crippen LogP contribution < -0.4 is 11.2 Å². The van der Waals surface area contributed by atoms with E-state index in [9.17, 15) is 9.59 Å². The van der Waals surface area contributed by atoms with E-state index in [1.54, 1.807) is 7.05 Å². The Morgan fingerprint density at radius 3 is 2.54 bits per heavy atom. The number of rotatable bonds is 5. The van der Waals surface area contributed by atoms with E-state index in [0.717, 1.165) is 37.5 Å². The Kier molecular flexibility index (Phi) is 4.91. The standard InChI is InChI=1S/C20H30N6O2/c1-5-14(2)26-15(3)13-25-16-17(21-19(25)26)22(4)20(28)24(18(16)27)12-11-23-9-7-6-8-10-23/h13-14H,5-12H2,1-4H3. The Morgan fingerprint density at radius 1 is 1.14 bits per heavy atom. The summed E-state index contributed by atoms with van der Waals surface area (Å²) in [5.74, 6) is 0.725. The highest BCUT2D eigenvalue weighted by Gasteiger charge is 2.22. The second-order valence-corrected chi connectivity index (χ2v) is 8.05. The zero-order chi connectivity index (χ0) is 20.0. The molecule has 0 radical (unpaired) electrons. The summed E-state index contributed by atoms with van der Waals surface area (Å²) in [7, 11) is 1.70. The first kappa shape index (κ1) is 19.0. The summed E-state index contributed by atoms with van der Waals surface area (Å²) in [4.78, 5) is 33.2. The monoisotopic (exact) mass is 386 g/mol. The highest BCUT2D eigenvalue weighted by Crippen LogP contribution is 2.22. The van der Waals surface area contributed by atoms with Crippen LogP contribution in [0.5, 0.6) is 0 Å². The first-order valence-electron chi connectivity index (χ1n) is 10.4. The summed E-state index contributed by atoms with van der Waals surface area (Å²) in [6.45, 7) is 9.55. The molecule has 152 valence electrons. The second kappa shape index (κ2) is 7.24. The fourth-order valence-electron chi connectivity index (χ4n) is 4.38. The van der Waals surface area contributed by atoms with Crippen molar-refractivity contribution in [3.05, 3.63) is 32.7 Å². The van der Waals surface area contributed by atoms with Gasteiger partial charge in [0, 0.05) is 38.1 Å². The molecule has 0 spiro atoms. The van der Waals surface area contributed by atoms with E-state index in [4.69, 9.17) is 0 Å². The van der Waals surface area contributed by atoms with Crippen LogP contribution in [0.3, 0.4) is 0 Å². The lowest BCUT2D eigenvalue weighted by molar-refractivity contribution is 0.218. The number of piperidine rings is 1. The molecule has 0 aromatic carbocycles. The van der Waals surface area contributed by atoms with Crippen molar-refractivity contribution in [2.75, 3.05) is 19.6 Å². The van der Waals surface area contributed by atoms with Gasteiger partial charge in [-0.3, -0.25) is 18.3 Å². The van der Waals surface area contributed by atoms with Crippen LogP contribution in [0, 0.1) is 6.92 Å². The van der Waals surface area contributed by atoms with Crippen LogP contribution in [0.25, 0.3) is 16.9 Å². The van der Waals surface area contributed by atoms with E-state index < -0.39 is 0 Å². The van der Waals surface area contributed by atoms with Gasteiger partial charge in [0.15, 0.2) is 11.2 Å². The molecule has 0 N–H and O–H groups in total. The molecule has 1 aliphatic heterocycles. The summed E-state index contributed by atoms with van der Waals surface area (Å²) >= 11 is 0. The molecule has 1 unspecified atom stereocenters. The molecule has 1 atom stereocenters. The average Bonchev–Trinajstić information content (AvgIpc) is 3.21. The van der Waals surface area contributed by atoms with Crippen molar-refractivity contribution in [3.63, 3.8) is 0 Å². The van der Waals surface area contributed by atoms with Gasteiger partial charge in [-0.1, -0.05) is 13.3 Å². The summed E-state index contributed by atoms with van der Waals surface area (Å²) in [5.41, 5.74) is 1.47.